The quantitative estimate of drug-likeness (QED) is 0.514. The molecular formula is C10H4F2O. The molecule has 1 nitrogen and oxygen atoms in total. The first-order chi connectivity index (χ1) is 6.27. The second-order valence-electron chi connectivity index (χ2n) is 2.94. The van der Waals surface area contributed by atoms with Crippen LogP contribution in [0.5, 0.6) is 0 Å². The molecule has 13 heavy (non-hydrogen) atoms. The fraction of sp³-hybridized carbons (Fsp3) is 0. The van der Waals surface area contributed by atoms with Crippen molar-refractivity contribution in [2.24, 2.45) is 0 Å². The van der Waals surface area contributed by atoms with E-state index in [0.29, 0.717) is 11.2 Å². The molecule has 0 aliphatic carbocycles. The van der Waals surface area contributed by atoms with E-state index in [9.17, 15) is 8.78 Å². The molecule has 3 aromatic rings. The van der Waals surface area contributed by atoms with Crippen LogP contribution in [0.25, 0.3) is 21.9 Å². The van der Waals surface area contributed by atoms with Gasteiger partial charge in [-0.2, -0.15) is 0 Å². The zero-order chi connectivity index (χ0) is 9.00. The van der Waals surface area contributed by atoms with Gasteiger partial charge in [-0.05, 0) is 24.3 Å². The first-order valence-electron chi connectivity index (χ1n) is 3.86. The first-order valence-corrected chi connectivity index (χ1v) is 3.86. The molecule has 2 heterocycles. The van der Waals surface area contributed by atoms with Gasteiger partial charge in [-0.3, -0.25) is 0 Å². The molecule has 0 radical (unpaired) electrons. The summed E-state index contributed by atoms with van der Waals surface area (Å²) in [6, 6.07) is 5.50. The van der Waals surface area contributed by atoms with Crippen LogP contribution < -0.4 is 0 Å². The van der Waals surface area contributed by atoms with Gasteiger partial charge in [0.05, 0.1) is 10.8 Å². The van der Waals surface area contributed by atoms with Crippen LogP contribution in [0.3, 0.4) is 0 Å². The van der Waals surface area contributed by atoms with Gasteiger partial charge in [0.2, 0.25) is 0 Å². The molecule has 0 saturated heterocycles. The van der Waals surface area contributed by atoms with Crippen molar-refractivity contribution in [3.8, 4) is 0 Å². The van der Waals surface area contributed by atoms with Crippen LogP contribution in [0.4, 0.5) is 8.78 Å². The Balaban J connectivity index is 2.72. The topological polar surface area (TPSA) is 13.1 Å². The zero-order valence-corrected chi connectivity index (χ0v) is 6.47. The van der Waals surface area contributed by atoms with Crippen LogP contribution in [0.1, 0.15) is 0 Å². The van der Waals surface area contributed by atoms with E-state index in [0.717, 1.165) is 12.1 Å². The summed E-state index contributed by atoms with van der Waals surface area (Å²) >= 11 is 0. The third-order valence-electron chi connectivity index (χ3n) is 2.20. The van der Waals surface area contributed by atoms with Crippen molar-refractivity contribution in [2.45, 2.75) is 0 Å². The van der Waals surface area contributed by atoms with E-state index in [2.05, 4.69) is 0 Å². The fourth-order valence-corrected chi connectivity index (χ4v) is 1.64. The number of fused-ring (bicyclic) bond motifs is 5. The summed E-state index contributed by atoms with van der Waals surface area (Å²) < 4.78 is 31.6. The molecule has 0 unspecified atom stereocenters. The molecular weight excluding hydrogens is 174 g/mol. The van der Waals surface area contributed by atoms with Crippen molar-refractivity contribution in [1.29, 1.82) is 0 Å². The molecule has 0 amide bonds. The van der Waals surface area contributed by atoms with Crippen LogP contribution in [0, 0.1) is 11.6 Å². The summed E-state index contributed by atoms with van der Waals surface area (Å²) in [5.41, 5.74) is 0.809. The molecule has 2 bridgehead atoms. The van der Waals surface area contributed by atoms with Crippen molar-refractivity contribution in [2.75, 3.05) is 0 Å². The van der Waals surface area contributed by atoms with Gasteiger partial charge >= 0.3 is 0 Å². The lowest BCUT2D eigenvalue weighted by Crippen LogP contribution is -1.81. The summed E-state index contributed by atoms with van der Waals surface area (Å²) in [6.45, 7) is 0. The Bertz CT molecular complexity index is 532. The molecule has 3 heteroatoms. The molecule has 0 atom stereocenters. The summed E-state index contributed by atoms with van der Waals surface area (Å²) in [5, 5.41) is 0.495. The Hall–Kier alpha value is -1.64. The lowest BCUT2D eigenvalue weighted by atomic mass is 10.1. The molecule has 0 fully saturated rings. The maximum Gasteiger partial charge on any atom is 0.138 e. The van der Waals surface area contributed by atoms with Gasteiger partial charge < -0.3 is 4.42 Å². The Morgan fingerprint density at radius 1 is 0.769 bits per heavy atom. The van der Waals surface area contributed by atoms with Gasteiger partial charge in [-0.1, -0.05) is 0 Å². The minimum atomic E-state index is -0.439. The SMILES string of the molecule is Fc1ccc(F)c2c3ccc(o3)c12. The molecule has 1 aromatic carbocycles. The maximum atomic E-state index is 13.2. The molecule has 2 aromatic heterocycles. The first kappa shape index (κ1) is 6.83. The minimum Gasteiger partial charge on any atom is -0.456 e. The van der Waals surface area contributed by atoms with Crippen LogP contribution in [-0.4, -0.2) is 0 Å². The Morgan fingerprint density at radius 3 is 1.69 bits per heavy atom. The predicted octanol–water partition coefficient (Wildman–Crippen LogP) is 3.30. The van der Waals surface area contributed by atoms with E-state index in [-0.39, 0.29) is 10.8 Å². The maximum absolute atomic E-state index is 13.2. The highest BCUT2D eigenvalue weighted by molar-refractivity contribution is 6.07. The Morgan fingerprint density at radius 2 is 1.23 bits per heavy atom. The highest BCUT2D eigenvalue weighted by Crippen LogP contribution is 2.34. The van der Waals surface area contributed by atoms with Crippen molar-refractivity contribution >= 4 is 21.9 Å². The number of halogens is 2. The molecule has 3 rings (SSSR count). The normalized spacial score (nSPS) is 11.8. The van der Waals surface area contributed by atoms with Gasteiger partial charge in [0.15, 0.2) is 0 Å². The number of benzene rings is 2. The lowest BCUT2D eigenvalue weighted by Gasteiger charge is -1.94. The van der Waals surface area contributed by atoms with Crippen molar-refractivity contribution < 1.29 is 13.2 Å². The van der Waals surface area contributed by atoms with Crippen LogP contribution in [0.15, 0.2) is 28.7 Å². The second-order valence-corrected chi connectivity index (χ2v) is 2.94. The van der Waals surface area contributed by atoms with Crippen molar-refractivity contribution in [3.63, 3.8) is 0 Å². The largest absolute Gasteiger partial charge is 0.456 e. The van der Waals surface area contributed by atoms with Crippen LogP contribution >= 0.6 is 0 Å². The molecule has 64 valence electrons. The summed E-state index contributed by atoms with van der Waals surface area (Å²) in [5.74, 6) is -0.878. The highest BCUT2D eigenvalue weighted by Gasteiger charge is 2.16. The molecule has 0 aliphatic heterocycles. The zero-order valence-electron chi connectivity index (χ0n) is 6.47. The summed E-state index contributed by atoms with van der Waals surface area (Å²) in [6.07, 6.45) is 0. The van der Waals surface area contributed by atoms with Gasteiger partial charge in [0.1, 0.15) is 22.8 Å². The van der Waals surface area contributed by atoms with Gasteiger partial charge in [-0.25, -0.2) is 8.78 Å². The average molecular weight is 178 g/mol. The highest BCUT2D eigenvalue weighted by atomic mass is 19.1. The monoisotopic (exact) mass is 178 g/mol. The lowest BCUT2D eigenvalue weighted by molar-refractivity contribution is 0.619. The third kappa shape index (κ3) is 0.691. The van der Waals surface area contributed by atoms with Crippen molar-refractivity contribution in [3.05, 3.63) is 35.9 Å². The summed E-state index contributed by atoms with van der Waals surface area (Å²) in [7, 11) is 0. The predicted molar refractivity (Wildman–Crippen MR) is 44.8 cm³/mol. The van der Waals surface area contributed by atoms with Crippen LogP contribution in [-0.2, 0) is 0 Å². The number of hydrogen-bond acceptors (Lipinski definition) is 1. The number of furan rings is 2. The van der Waals surface area contributed by atoms with E-state index >= 15 is 0 Å². The second kappa shape index (κ2) is 1.99. The number of rotatable bonds is 0. The molecule has 0 spiro atoms. The van der Waals surface area contributed by atoms with Crippen molar-refractivity contribution in [1.82, 2.24) is 0 Å². The average Bonchev–Trinajstić information content (AvgIpc) is 2.70. The number of hydrogen-bond donors (Lipinski definition) is 0. The van der Waals surface area contributed by atoms with E-state index in [1.54, 1.807) is 12.1 Å². The molecule has 0 aliphatic rings. The van der Waals surface area contributed by atoms with E-state index in [1.165, 1.54) is 0 Å². The summed E-state index contributed by atoms with van der Waals surface area (Å²) in [4.78, 5) is 0. The standard InChI is InChI=1S/C10H4F2O/c11-5-1-2-6(12)10-8-4-3-7(13-8)9(5)10/h1-4H. The van der Waals surface area contributed by atoms with Gasteiger partial charge in [0.25, 0.3) is 0 Å². The van der Waals surface area contributed by atoms with E-state index in [1.807, 2.05) is 0 Å². The third-order valence-corrected chi connectivity index (χ3v) is 2.20. The van der Waals surface area contributed by atoms with Gasteiger partial charge in [-0.15, -0.1) is 0 Å². The smallest absolute Gasteiger partial charge is 0.138 e. The van der Waals surface area contributed by atoms with Crippen LogP contribution in [0.2, 0.25) is 0 Å². The van der Waals surface area contributed by atoms with E-state index < -0.39 is 11.6 Å². The van der Waals surface area contributed by atoms with E-state index in [4.69, 9.17) is 4.42 Å². The van der Waals surface area contributed by atoms with Gasteiger partial charge in [0, 0.05) is 0 Å². The minimum absolute atomic E-state index is 0.248. The molecule has 0 N–H and O–H groups in total. The molecule has 0 saturated carbocycles. The Labute approximate surface area is 71.9 Å². The Kier molecular flexibility index (Phi) is 1.05. The fourth-order valence-electron chi connectivity index (χ4n) is 1.64.